The summed E-state index contributed by atoms with van der Waals surface area (Å²) < 4.78 is 16.8. The molecule has 56 valence electrons. The Bertz CT molecular complexity index is 117. The van der Waals surface area contributed by atoms with E-state index in [9.17, 15) is 4.57 Å². The van der Waals surface area contributed by atoms with E-state index in [0.717, 1.165) is 0 Å². The molecule has 0 unspecified atom stereocenters. The molecule has 0 aromatic heterocycles. The number of hydrogen-bond acceptors (Lipinski definition) is 3. The van der Waals surface area contributed by atoms with Gasteiger partial charge in [-0.15, -0.1) is 0 Å². The number of halogens is 4. The van der Waals surface area contributed by atoms with Crippen LogP contribution in [-0.2, 0) is 12.7 Å². The van der Waals surface area contributed by atoms with Crippen LogP contribution in [-0.4, -0.2) is 4.58 Å². The van der Waals surface area contributed by atoms with Crippen molar-refractivity contribution in [3.05, 3.63) is 0 Å². The molecule has 0 aromatic carbocycles. The van der Waals surface area contributed by atoms with E-state index in [1.807, 2.05) is 0 Å². The third-order valence-electron chi connectivity index (χ3n) is 0.431. The van der Waals surface area contributed by atoms with E-state index in [2.05, 4.69) is 31.9 Å². The maximum atomic E-state index is 10.7. The summed E-state index contributed by atoms with van der Waals surface area (Å²) in [5.41, 5.74) is 0. The minimum absolute atomic E-state index is 1.38. The first-order valence-electron chi connectivity index (χ1n) is 1.55. The maximum Gasteiger partial charge on any atom is 0.395 e. The Morgan fingerprint density at radius 2 is 1.56 bits per heavy atom. The molecule has 0 saturated heterocycles. The van der Waals surface area contributed by atoms with Crippen LogP contribution in [0.4, 0.5) is 0 Å². The molecule has 0 amide bonds. The topological polar surface area (TPSA) is 35.5 Å². The smallest absolute Gasteiger partial charge is 0.254 e. The van der Waals surface area contributed by atoms with Gasteiger partial charge in [0.1, 0.15) is 0 Å². The molecular weight excluding hydrogens is 233 g/mol. The zero-order chi connectivity index (χ0) is 7.49. The van der Waals surface area contributed by atoms with Gasteiger partial charge in [-0.05, 0) is 0 Å². The zero-order valence-corrected chi connectivity index (χ0v) is 7.68. The van der Waals surface area contributed by atoms with Crippen LogP contribution in [0.2, 0.25) is 0 Å². The fourth-order valence-electron chi connectivity index (χ4n) is 0.0709. The summed E-state index contributed by atoms with van der Waals surface area (Å²) in [6, 6.07) is 0. The van der Waals surface area contributed by atoms with Crippen molar-refractivity contribution in [2.24, 2.45) is 0 Å². The highest BCUT2D eigenvalue weighted by atomic mass is 35.5. The summed E-state index contributed by atoms with van der Waals surface area (Å²) >= 11 is 19.5. The lowest BCUT2D eigenvalue weighted by Gasteiger charge is -2.07. The fourth-order valence-corrected chi connectivity index (χ4v) is 1.91. The van der Waals surface area contributed by atoms with Gasteiger partial charge < -0.3 is 0 Å². The van der Waals surface area contributed by atoms with E-state index in [1.165, 1.54) is 0 Å². The Morgan fingerprint density at radius 1 is 1.22 bits per heavy atom. The van der Waals surface area contributed by atoms with Gasteiger partial charge in [0.25, 0.3) is 0 Å². The van der Waals surface area contributed by atoms with Crippen molar-refractivity contribution in [2.75, 3.05) is 0 Å². The van der Waals surface area contributed by atoms with E-state index in [1.54, 1.807) is 0 Å². The van der Waals surface area contributed by atoms with Gasteiger partial charge >= 0.3 is 7.60 Å². The van der Waals surface area contributed by atoms with Crippen molar-refractivity contribution in [3.8, 4) is 0 Å². The predicted octanol–water partition coefficient (Wildman–Crippen LogP) is 3.28. The second kappa shape index (κ2) is 4.24. The molecule has 3 nitrogen and oxygen atoms in total. The molecular formula is CHCl4O3P. The summed E-state index contributed by atoms with van der Waals surface area (Å²) in [6.07, 6.45) is 0. The van der Waals surface area contributed by atoms with Gasteiger partial charge in [0, 0.05) is 0 Å². The molecule has 0 saturated carbocycles. The number of hydrogen-bond donors (Lipinski definition) is 0. The predicted molar refractivity (Wildman–Crippen MR) is 37.0 cm³/mol. The molecule has 0 aromatic rings. The van der Waals surface area contributed by atoms with Gasteiger partial charge in [-0.2, -0.15) is 8.15 Å². The van der Waals surface area contributed by atoms with Gasteiger partial charge in [0.05, 0.1) is 23.7 Å². The molecule has 0 rings (SSSR count). The van der Waals surface area contributed by atoms with Crippen LogP contribution in [0.25, 0.3) is 0 Å². The van der Waals surface area contributed by atoms with Crippen LogP contribution >= 0.6 is 54.5 Å². The molecule has 8 heteroatoms. The Balaban J connectivity index is 4.11. The lowest BCUT2D eigenvalue weighted by atomic mass is 11.9. The van der Waals surface area contributed by atoms with Gasteiger partial charge in [-0.25, -0.2) is 0 Å². The molecule has 0 spiro atoms. The van der Waals surface area contributed by atoms with Crippen LogP contribution in [0.15, 0.2) is 0 Å². The average Bonchev–Trinajstić information content (AvgIpc) is 1.86. The summed E-state index contributed by atoms with van der Waals surface area (Å²) in [7, 11) is -3.69. The highest BCUT2D eigenvalue weighted by molar-refractivity contribution is 7.60. The van der Waals surface area contributed by atoms with Crippen molar-refractivity contribution < 1.29 is 12.7 Å². The van der Waals surface area contributed by atoms with Crippen molar-refractivity contribution in [1.29, 1.82) is 0 Å². The van der Waals surface area contributed by atoms with Gasteiger partial charge in [0.15, 0.2) is 0 Å². The molecule has 0 radical (unpaired) electrons. The van der Waals surface area contributed by atoms with E-state index >= 15 is 0 Å². The molecule has 0 fully saturated rings. The largest absolute Gasteiger partial charge is 0.395 e. The van der Waals surface area contributed by atoms with Crippen LogP contribution in [0.1, 0.15) is 0 Å². The molecule has 0 bridgehead atoms. The molecule has 0 N–H and O–H groups in total. The summed E-state index contributed by atoms with van der Waals surface area (Å²) in [5, 5.41) is 0. The molecule has 0 aliphatic carbocycles. The first kappa shape index (κ1) is 10.3. The summed E-state index contributed by atoms with van der Waals surface area (Å²) in [6.45, 7) is 0. The highest BCUT2D eigenvalue weighted by Crippen LogP contribution is 2.58. The van der Waals surface area contributed by atoms with Gasteiger partial charge in [-0.3, -0.25) is 4.57 Å². The monoisotopic (exact) mass is 232 g/mol. The fraction of sp³-hybridized carbons (Fsp3) is 1.00. The normalized spacial score (nSPS) is 12.6. The second-order valence-electron chi connectivity index (χ2n) is 0.956. The lowest BCUT2D eigenvalue weighted by molar-refractivity contribution is 0.419. The number of rotatable bonds is 3. The second-order valence-corrected chi connectivity index (χ2v) is 5.36. The van der Waals surface area contributed by atoms with Crippen LogP contribution in [0.3, 0.4) is 0 Å². The molecule has 0 heterocycles. The summed E-state index contributed by atoms with van der Waals surface area (Å²) in [4.78, 5) is 0. The zero-order valence-electron chi connectivity index (χ0n) is 3.76. The van der Waals surface area contributed by atoms with Crippen LogP contribution in [0, 0.1) is 0 Å². The third-order valence-corrected chi connectivity index (χ3v) is 3.88. The minimum Gasteiger partial charge on any atom is -0.254 e. The van der Waals surface area contributed by atoms with E-state index in [0.29, 0.717) is 0 Å². The lowest BCUT2D eigenvalue weighted by Crippen LogP contribution is -1.90. The maximum absolute atomic E-state index is 10.7. The van der Waals surface area contributed by atoms with E-state index < -0.39 is 12.2 Å². The Kier molecular flexibility index (Phi) is 4.86. The Hall–Kier alpha value is 1.31. The molecule has 0 aliphatic heterocycles. The highest BCUT2D eigenvalue weighted by Gasteiger charge is 2.33. The Morgan fingerprint density at radius 3 is 1.56 bits per heavy atom. The van der Waals surface area contributed by atoms with Gasteiger partial charge in [-0.1, -0.05) is 23.2 Å². The first-order chi connectivity index (χ1) is 4.06. The van der Waals surface area contributed by atoms with Crippen LogP contribution in [0.5, 0.6) is 0 Å². The van der Waals surface area contributed by atoms with Crippen molar-refractivity contribution in [3.63, 3.8) is 0 Å². The van der Waals surface area contributed by atoms with E-state index in [-0.39, 0.29) is 0 Å². The quantitative estimate of drug-likeness (QED) is 0.555. The minimum atomic E-state index is -3.69. The van der Waals surface area contributed by atoms with Crippen molar-refractivity contribution in [1.82, 2.24) is 0 Å². The van der Waals surface area contributed by atoms with Crippen molar-refractivity contribution in [2.45, 2.75) is 4.58 Å². The molecule has 0 atom stereocenters. The standard InChI is InChI=1S/CHCl4O3P/c2-1(3)9(6,7-4)8-5/h1H. The van der Waals surface area contributed by atoms with E-state index in [4.69, 9.17) is 23.2 Å². The van der Waals surface area contributed by atoms with Gasteiger partial charge in [0.2, 0.25) is 4.58 Å². The Labute approximate surface area is 72.0 Å². The van der Waals surface area contributed by atoms with Crippen molar-refractivity contribution >= 4 is 54.5 Å². The summed E-state index contributed by atoms with van der Waals surface area (Å²) in [5.74, 6) is 0. The SMILES string of the molecule is O=P(OCl)(OCl)C(Cl)Cl. The van der Waals surface area contributed by atoms with Crippen LogP contribution < -0.4 is 0 Å². The molecule has 0 aliphatic rings. The first-order valence-corrected chi connectivity index (χ1v) is 4.65. The number of alkyl halides is 2. The third kappa shape index (κ3) is 2.81. The average molecular weight is 234 g/mol. The molecule has 9 heavy (non-hydrogen) atoms.